The zero-order chi connectivity index (χ0) is 28.3. The fourth-order valence-electron chi connectivity index (χ4n) is 5.58. The highest BCUT2D eigenvalue weighted by Gasteiger charge is 2.42. The average molecular weight is 575 g/mol. The summed E-state index contributed by atoms with van der Waals surface area (Å²) in [5, 5.41) is 22.9. The van der Waals surface area contributed by atoms with Gasteiger partial charge in [-0.3, -0.25) is 19.4 Å². The Morgan fingerprint density at radius 3 is 2.62 bits per heavy atom. The predicted molar refractivity (Wildman–Crippen MR) is 152 cm³/mol. The van der Waals surface area contributed by atoms with Crippen molar-refractivity contribution in [3.8, 4) is 0 Å². The number of hydrogen-bond acceptors (Lipinski definition) is 7. The maximum atomic E-state index is 13.1. The number of rotatable bonds is 15. The van der Waals surface area contributed by atoms with Gasteiger partial charge in [0.1, 0.15) is 12.1 Å². The molecular weight excluding hydrogens is 532 g/mol. The van der Waals surface area contributed by atoms with Gasteiger partial charge in [-0.2, -0.15) is 11.8 Å². The van der Waals surface area contributed by atoms with Crippen molar-refractivity contribution in [2.45, 2.75) is 93.7 Å². The molecule has 11 nitrogen and oxygen atoms in total. The van der Waals surface area contributed by atoms with Gasteiger partial charge in [-0.1, -0.05) is 18.9 Å². The van der Waals surface area contributed by atoms with Gasteiger partial charge in [0.25, 0.3) is 0 Å². The summed E-state index contributed by atoms with van der Waals surface area (Å²) in [6.45, 7) is 1.83. The number of pyridine rings is 1. The minimum absolute atomic E-state index is 0.0400. The van der Waals surface area contributed by atoms with Crippen molar-refractivity contribution in [3.05, 3.63) is 30.1 Å². The van der Waals surface area contributed by atoms with Gasteiger partial charge in [0, 0.05) is 61.4 Å². The summed E-state index contributed by atoms with van der Waals surface area (Å²) < 4.78 is 0. The maximum absolute atomic E-state index is 13.1. The molecule has 0 bridgehead atoms. The van der Waals surface area contributed by atoms with E-state index >= 15 is 0 Å². The van der Waals surface area contributed by atoms with E-state index in [0.29, 0.717) is 43.3 Å². The zero-order valence-corrected chi connectivity index (χ0v) is 23.8. The Labute approximate surface area is 240 Å². The van der Waals surface area contributed by atoms with Crippen LogP contribution in [0.4, 0.5) is 4.79 Å². The highest BCUT2D eigenvalue weighted by Crippen LogP contribution is 2.33. The van der Waals surface area contributed by atoms with E-state index in [1.165, 1.54) is 6.20 Å². The van der Waals surface area contributed by atoms with Gasteiger partial charge in [-0.15, -0.1) is 0 Å². The van der Waals surface area contributed by atoms with Crippen LogP contribution < -0.4 is 21.3 Å². The molecule has 4 rings (SSSR count). The molecular formula is C28H42N6O5S. The Morgan fingerprint density at radius 1 is 1.07 bits per heavy atom. The van der Waals surface area contributed by atoms with Gasteiger partial charge in [0.2, 0.25) is 17.7 Å². The first-order valence-electron chi connectivity index (χ1n) is 14.5. The first-order valence-corrected chi connectivity index (χ1v) is 15.6. The van der Waals surface area contributed by atoms with E-state index in [4.69, 9.17) is 0 Å². The molecule has 3 aliphatic heterocycles. The number of aromatic nitrogens is 1. The number of thioether (sulfide) groups is 1. The molecule has 0 radical (unpaired) electrons. The number of nitrogens with zero attached hydrogens (tertiary/aromatic N) is 2. The summed E-state index contributed by atoms with van der Waals surface area (Å²) in [4.78, 5) is 55.1. The molecule has 40 heavy (non-hydrogen) atoms. The van der Waals surface area contributed by atoms with Gasteiger partial charge in [-0.05, 0) is 44.6 Å². The number of urea groups is 1. The molecule has 220 valence electrons. The number of nitrogens with one attached hydrogen (secondary N) is 4. The molecule has 3 fully saturated rings. The topological polar surface area (TPSA) is 153 Å². The number of aliphatic hydroxyl groups is 1. The van der Waals surface area contributed by atoms with E-state index in [9.17, 15) is 24.3 Å². The van der Waals surface area contributed by atoms with E-state index in [1.807, 2.05) is 11.8 Å². The molecule has 12 heteroatoms. The molecule has 0 spiro atoms. The quantitative estimate of drug-likeness (QED) is 0.158. The highest BCUT2D eigenvalue weighted by molar-refractivity contribution is 8.00. The van der Waals surface area contributed by atoms with Crippen molar-refractivity contribution in [2.75, 3.05) is 25.4 Å². The third kappa shape index (κ3) is 8.57. The largest absolute Gasteiger partial charge is 0.386 e. The number of amides is 5. The Kier molecular flexibility index (Phi) is 11.5. The molecule has 0 saturated carbocycles. The fraction of sp³-hybridized carbons (Fsp3) is 0.679. The summed E-state index contributed by atoms with van der Waals surface area (Å²) in [7, 11) is 0. The zero-order valence-electron chi connectivity index (χ0n) is 23.0. The van der Waals surface area contributed by atoms with Gasteiger partial charge < -0.3 is 31.3 Å². The SMILES string of the molecule is O=C(CCCC[C@H]1SC[C@@H]2NC(=O)N[C@@H]21)NCCCCCC(=O)N[C@@H](C(=O)N1CCCC1)[C@@H](O)c1cccnc1. The van der Waals surface area contributed by atoms with E-state index in [1.54, 1.807) is 23.2 Å². The van der Waals surface area contributed by atoms with Crippen molar-refractivity contribution >= 4 is 35.5 Å². The second kappa shape index (κ2) is 15.2. The Balaban J connectivity index is 1.07. The summed E-state index contributed by atoms with van der Waals surface area (Å²) in [6.07, 6.45) is 9.44. The van der Waals surface area contributed by atoms with E-state index in [0.717, 1.165) is 50.7 Å². The number of hydrogen-bond donors (Lipinski definition) is 5. The molecule has 1 aromatic heterocycles. The molecule has 5 N–H and O–H groups in total. The van der Waals surface area contributed by atoms with Crippen LogP contribution in [-0.2, 0) is 14.4 Å². The Hall–Kier alpha value is -2.86. The summed E-state index contributed by atoms with van der Waals surface area (Å²) in [5.74, 6) is 0.446. The molecule has 3 saturated heterocycles. The van der Waals surface area contributed by atoms with Crippen LogP contribution in [0.15, 0.2) is 24.5 Å². The van der Waals surface area contributed by atoms with Crippen molar-refractivity contribution < 1.29 is 24.3 Å². The lowest BCUT2D eigenvalue weighted by Crippen LogP contribution is -2.51. The number of unbranched alkanes of at least 4 members (excludes halogenated alkanes) is 3. The molecule has 3 aliphatic rings. The second-order valence-electron chi connectivity index (χ2n) is 10.8. The second-order valence-corrected chi connectivity index (χ2v) is 12.1. The number of fused-ring (bicyclic) bond motifs is 1. The Bertz CT molecular complexity index is 1010. The van der Waals surface area contributed by atoms with Crippen LogP contribution in [-0.4, -0.2) is 87.5 Å². The average Bonchev–Trinajstić information content (AvgIpc) is 3.70. The van der Waals surface area contributed by atoms with Crippen LogP contribution in [0.1, 0.15) is 75.9 Å². The lowest BCUT2D eigenvalue weighted by Gasteiger charge is -2.27. The van der Waals surface area contributed by atoms with Crippen LogP contribution in [0, 0.1) is 0 Å². The van der Waals surface area contributed by atoms with Crippen LogP contribution >= 0.6 is 11.8 Å². The number of carbonyl (C=O) groups excluding carboxylic acids is 4. The third-order valence-electron chi connectivity index (χ3n) is 7.83. The third-order valence-corrected chi connectivity index (χ3v) is 9.33. The summed E-state index contributed by atoms with van der Waals surface area (Å²) in [6, 6.07) is 2.70. The maximum Gasteiger partial charge on any atom is 0.315 e. The van der Waals surface area contributed by atoms with Gasteiger partial charge in [0.05, 0.1) is 12.1 Å². The molecule has 1 aromatic rings. The number of carbonyl (C=O) groups is 4. The van der Waals surface area contributed by atoms with Gasteiger partial charge in [0.15, 0.2) is 0 Å². The first kappa shape index (κ1) is 30.1. The van der Waals surface area contributed by atoms with E-state index in [2.05, 4.69) is 26.3 Å². The van der Waals surface area contributed by atoms with Crippen LogP contribution in [0.25, 0.3) is 0 Å². The summed E-state index contributed by atoms with van der Waals surface area (Å²) >= 11 is 1.89. The highest BCUT2D eigenvalue weighted by atomic mass is 32.2. The number of likely N-dealkylation sites (tertiary alicyclic amines) is 1. The van der Waals surface area contributed by atoms with Crippen LogP contribution in [0.3, 0.4) is 0 Å². The van der Waals surface area contributed by atoms with Crippen molar-refractivity contribution in [1.82, 2.24) is 31.2 Å². The lowest BCUT2D eigenvalue weighted by molar-refractivity contribution is -0.139. The lowest BCUT2D eigenvalue weighted by atomic mass is 10.0. The number of aliphatic hydroxyl groups excluding tert-OH is 1. The monoisotopic (exact) mass is 574 g/mol. The van der Waals surface area contributed by atoms with Crippen LogP contribution in [0.2, 0.25) is 0 Å². The fourth-order valence-corrected chi connectivity index (χ4v) is 7.12. The predicted octanol–water partition coefficient (Wildman–Crippen LogP) is 1.62. The molecule has 5 amide bonds. The molecule has 0 aromatic carbocycles. The van der Waals surface area contributed by atoms with Crippen molar-refractivity contribution in [2.24, 2.45) is 0 Å². The minimum Gasteiger partial charge on any atom is -0.386 e. The van der Waals surface area contributed by atoms with Crippen LogP contribution in [0.5, 0.6) is 0 Å². The summed E-state index contributed by atoms with van der Waals surface area (Å²) in [5.41, 5.74) is 0.488. The molecule has 0 aliphatic carbocycles. The Morgan fingerprint density at radius 2 is 1.85 bits per heavy atom. The smallest absolute Gasteiger partial charge is 0.315 e. The minimum atomic E-state index is -1.17. The molecule has 0 unspecified atom stereocenters. The van der Waals surface area contributed by atoms with E-state index < -0.39 is 12.1 Å². The van der Waals surface area contributed by atoms with E-state index in [-0.39, 0.29) is 42.3 Å². The molecule has 5 atom stereocenters. The first-order chi connectivity index (χ1) is 19.4. The van der Waals surface area contributed by atoms with Gasteiger partial charge in [-0.25, -0.2) is 4.79 Å². The van der Waals surface area contributed by atoms with Crippen molar-refractivity contribution in [3.63, 3.8) is 0 Å². The van der Waals surface area contributed by atoms with Crippen molar-refractivity contribution in [1.29, 1.82) is 0 Å². The molecule has 4 heterocycles. The normalized spacial score (nSPS) is 23.2. The standard InChI is InChI=1S/C28H42N6O5S/c35-22(11-4-3-10-21-24-20(18-40-21)31-28(39)33-24)30-14-5-1-2-12-23(36)32-25(27(38)34-15-6-7-16-34)26(37)19-9-8-13-29-17-19/h8-9,13,17,20-21,24-26,37H,1-7,10-12,14-16,18H2,(H,30,35)(H,32,36)(H2,31,33,39)/t20-,21+,24-,25+,26-/m0/s1. The van der Waals surface area contributed by atoms with Gasteiger partial charge >= 0.3 is 6.03 Å².